The molecule has 5 heteroatoms. The molecule has 1 atom stereocenters. The Kier molecular flexibility index (Phi) is 3.55. The highest BCUT2D eigenvalue weighted by molar-refractivity contribution is 6.09. The predicted octanol–water partition coefficient (Wildman–Crippen LogP) is 2.89. The van der Waals surface area contributed by atoms with Crippen LogP contribution in [0, 0.1) is 0 Å². The lowest BCUT2D eigenvalue weighted by Crippen LogP contribution is -2.17. The predicted molar refractivity (Wildman–Crippen MR) is 90.7 cm³/mol. The summed E-state index contributed by atoms with van der Waals surface area (Å²) in [5.41, 5.74) is 3.47. The molecule has 23 heavy (non-hydrogen) atoms. The zero-order valence-electron chi connectivity index (χ0n) is 12.7. The number of anilines is 1. The quantitative estimate of drug-likeness (QED) is 0.697. The summed E-state index contributed by atoms with van der Waals surface area (Å²) in [5.74, 6) is 0.328. The second kappa shape index (κ2) is 5.85. The van der Waals surface area contributed by atoms with Crippen LogP contribution in [0.3, 0.4) is 0 Å². The maximum atomic E-state index is 12.8. The number of fused-ring (bicyclic) bond motifs is 1. The van der Waals surface area contributed by atoms with E-state index in [1.807, 2.05) is 36.4 Å². The van der Waals surface area contributed by atoms with Crippen LogP contribution in [0.2, 0.25) is 0 Å². The number of carbonyl (C=O) groups excluding carboxylic acids is 1. The Balaban J connectivity index is 1.66. The molecule has 1 aliphatic heterocycles. The number of rotatable bonds is 3. The van der Waals surface area contributed by atoms with Gasteiger partial charge in [0, 0.05) is 17.5 Å². The summed E-state index contributed by atoms with van der Waals surface area (Å²) in [5, 5.41) is 14.3. The van der Waals surface area contributed by atoms with Crippen LogP contribution in [0.25, 0.3) is 10.9 Å². The van der Waals surface area contributed by atoms with E-state index in [0.29, 0.717) is 5.92 Å². The molecule has 1 aliphatic rings. The highest BCUT2D eigenvalue weighted by atomic mass is 16.1. The first-order valence-corrected chi connectivity index (χ1v) is 7.86. The van der Waals surface area contributed by atoms with Crippen molar-refractivity contribution in [3.8, 4) is 0 Å². The standard InChI is InChI=1S/C18H18N4O/c23-18(21-16-7-3-4-13-11-20-22-17(13)16)15-6-2-1-5-14(15)12-8-9-19-10-12/h1-7,11-12,19H,8-10H2,(H,20,22)(H,21,23)/t12-/m1/s1. The van der Waals surface area contributed by atoms with Crippen LogP contribution in [-0.2, 0) is 0 Å². The number of nitrogens with zero attached hydrogens (tertiary/aromatic N) is 1. The van der Waals surface area contributed by atoms with Crippen LogP contribution in [-0.4, -0.2) is 29.2 Å². The molecule has 0 bridgehead atoms. The fourth-order valence-electron chi connectivity index (χ4n) is 3.24. The zero-order valence-corrected chi connectivity index (χ0v) is 12.7. The highest BCUT2D eigenvalue weighted by Crippen LogP contribution is 2.27. The third-order valence-electron chi connectivity index (χ3n) is 4.43. The molecule has 1 aromatic heterocycles. The molecular formula is C18H18N4O. The van der Waals surface area contributed by atoms with E-state index in [1.54, 1.807) is 6.20 Å². The molecule has 1 saturated heterocycles. The number of benzene rings is 2. The van der Waals surface area contributed by atoms with Gasteiger partial charge in [0.25, 0.3) is 5.91 Å². The average molecular weight is 306 g/mol. The molecule has 0 unspecified atom stereocenters. The number of para-hydroxylation sites is 1. The Morgan fingerprint density at radius 2 is 2.09 bits per heavy atom. The number of nitrogens with one attached hydrogen (secondary N) is 3. The normalized spacial score (nSPS) is 17.5. The molecule has 3 aromatic rings. The molecule has 0 radical (unpaired) electrons. The van der Waals surface area contributed by atoms with Crippen molar-refractivity contribution in [1.29, 1.82) is 0 Å². The van der Waals surface area contributed by atoms with Gasteiger partial charge in [0.05, 0.1) is 17.4 Å². The van der Waals surface area contributed by atoms with Crippen LogP contribution in [0.4, 0.5) is 5.69 Å². The smallest absolute Gasteiger partial charge is 0.256 e. The van der Waals surface area contributed by atoms with E-state index in [1.165, 1.54) is 0 Å². The fourth-order valence-corrected chi connectivity index (χ4v) is 3.24. The molecule has 1 amide bonds. The molecule has 0 spiro atoms. The highest BCUT2D eigenvalue weighted by Gasteiger charge is 2.22. The third-order valence-corrected chi connectivity index (χ3v) is 4.43. The molecule has 116 valence electrons. The van der Waals surface area contributed by atoms with Gasteiger partial charge < -0.3 is 10.6 Å². The van der Waals surface area contributed by atoms with Gasteiger partial charge in [0.2, 0.25) is 0 Å². The lowest BCUT2D eigenvalue weighted by Gasteiger charge is -2.15. The van der Waals surface area contributed by atoms with Crippen LogP contribution in [0.15, 0.2) is 48.7 Å². The van der Waals surface area contributed by atoms with Gasteiger partial charge in [-0.05, 0) is 36.6 Å². The van der Waals surface area contributed by atoms with Gasteiger partial charge in [-0.2, -0.15) is 5.10 Å². The van der Waals surface area contributed by atoms with Gasteiger partial charge in [-0.15, -0.1) is 0 Å². The Labute approximate surface area is 134 Å². The summed E-state index contributed by atoms with van der Waals surface area (Å²) < 4.78 is 0. The fraction of sp³-hybridized carbons (Fsp3) is 0.222. The van der Waals surface area contributed by atoms with E-state index < -0.39 is 0 Å². The van der Waals surface area contributed by atoms with Gasteiger partial charge in [0.1, 0.15) is 0 Å². The number of H-pyrrole nitrogens is 1. The van der Waals surface area contributed by atoms with Gasteiger partial charge in [-0.3, -0.25) is 9.89 Å². The van der Waals surface area contributed by atoms with Crippen molar-refractivity contribution in [3.05, 3.63) is 59.8 Å². The second-order valence-electron chi connectivity index (χ2n) is 5.87. The van der Waals surface area contributed by atoms with Gasteiger partial charge >= 0.3 is 0 Å². The monoisotopic (exact) mass is 306 g/mol. The lowest BCUT2D eigenvalue weighted by atomic mass is 9.93. The molecular weight excluding hydrogens is 288 g/mol. The van der Waals surface area contributed by atoms with E-state index in [9.17, 15) is 4.79 Å². The Hall–Kier alpha value is -2.66. The largest absolute Gasteiger partial charge is 0.320 e. The SMILES string of the molecule is O=C(Nc1cccc2cn[nH]c12)c1ccccc1[C@@H]1CCNC1. The third kappa shape index (κ3) is 2.59. The van der Waals surface area contributed by atoms with E-state index >= 15 is 0 Å². The van der Waals surface area contributed by atoms with E-state index in [2.05, 4.69) is 26.9 Å². The first kappa shape index (κ1) is 14.0. The summed E-state index contributed by atoms with van der Waals surface area (Å²) in [6.07, 6.45) is 2.82. The maximum Gasteiger partial charge on any atom is 0.256 e. The minimum atomic E-state index is -0.0744. The first-order valence-electron chi connectivity index (χ1n) is 7.86. The summed E-state index contributed by atoms with van der Waals surface area (Å²) in [6, 6.07) is 13.6. The Morgan fingerprint density at radius 1 is 1.17 bits per heavy atom. The molecule has 5 nitrogen and oxygen atoms in total. The van der Waals surface area contributed by atoms with Crippen molar-refractivity contribution < 1.29 is 4.79 Å². The van der Waals surface area contributed by atoms with Crippen molar-refractivity contribution in [2.75, 3.05) is 18.4 Å². The summed E-state index contributed by atoms with van der Waals surface area (Å²) in [4.78, 5) is 12.8. The van der Waals surface area contributed by atoms with Crippen LogP contribution < -0.4 is 10.6 Å². The minimum absolute atomic E-state index is 0.0744. The number of aromatic amines is 1. The summed E-state index contributed by atoms with van der Waals surface area (Å²) in [7, 11) is 0. The van der Waals surface area contributed by atoms with E-state index in [-0.39, 0.29) is 5.91 Å². The number of hydrogen-bond donors (Lipinski definition) is 3. The molecule has 4 rings (SSSR count). The lowest BCUT2D eigenvalue weighted by molar-refractivity contribution is 0.102. The van der Waals surface area contributed by atoms with Crippen molar-refractivity contribution in [2.24, 2.45) is 0 Å². The first-order chi connectivity index (χ1) is 11.3. The number of carbonyl (C=O) groups is 1. The van der Waals surface area contributed by atoms with Crippen molar-refractivity contribution in [1.82, 2.24) is 15.5 Å². The van der Waals surface area contributed by atoms with Gasteiger partial charge in [-0.25, -0.2) is 0 Å². The molecule has 2 aromatic carbocycles. The van der Waals surface area contributed by atoms with Gasteiger partial charge in [-0.1, -0.05) is 30.3 Å². The second-order valence-corrected chi connectivity index (χ2v) is 5.87. The molecule has 1 fully saturated rings. The molecule has 0 aliphatic carbocycles. The zero-order chi connectivity index (χ0) is 15.6. The molecule has 2 heterocycles. The molecule has 3 N–H and O–H groups in total. The van der Waals surface area contributed by atoms with E-state index in [0.717, 1.165) is 47.2 Å². The van der Waals surface area contributed by atoms with Crippen molar-refractivity contribution in [3.63, 3.8) is 0 Å². The van der Waals surface area contributed by atoms with Crippen LogP contribution >= 0.6 is 0 Å². The number of amides is 1. The summed E-state index contributed by atoms with van der Waals surface area (Å²) in [6.45, 7) is 1.94. The Bertz CT molecular complexity index is 849. The average Bonchev–Trinajstić information content (AvgIpc) is 3.27. The maximum absolute atomic E-state index is 12.8. The minimum Gasteiger partial charge on any atom is -0.320 e. The Morgan fingerprint density at radius 3 is 2.96 bits per heavy atom. The van der Waals surface area contributed by atoms with Crippen LogP contribution in [0.1, 0.15) is 28.3 Å². The van der Waals surface area contributed by atoms with Crippen molar-refractivity contribution in [2.45, 2.75) is 12.3 Å². The number of hydrogen-bond acceptors (Lipinski definition) is 3. The van der Waals surface area contributed by atoms with Gasteiger partial charge in [0.15, 0.2) is 0 Å². The van der Waals surface area contributed by atoms with Crippen LogP contribution in [0.5, 0.6) is 0 Å². The van der Waals surface area contributed by atoms with Crippen molar-refractivity contribution >= 4 is 22.5 Å². The number of aromatic nitrogens is 2. The summed E-state index contributed by atoms with van der Waals surface area (Å²) >= 11 is 0. The molecule has 0 saturated carbocycles. The topological polar surface area (TPSA) is 69.8 Å². The van der Waals surface area contributed by atoms with E-state index in [4.69, 9.17) is 0 Å².